The highest BCUT2D eigenvalue weighted by Gasteiger charge is 2.23. The average Bonchev–Trinajstić information content (AvgIpc) is 2.49. The fourth-order valence-corrected chi connectivity index (χ4v) is 2.52. The summed E-state index contributed by atoms with van der Waals surface area (Å²) in [5, 5.41) is 0. The highest BCUT2D eigenvalue weighted by Crippen LogP contribution is 2.27. The van der Waals surface area contributed by atoms with E-state index >= 15 is 0 Å². The van der Waals surface area contributed by atoms with Crippen LogP contribution < -0.4 is 4.90 Å². The third-order valence-electron chi connectivity index (χ3n) is 3.47. The standard InChI is InChI=1S/C14H15FN4/c15-13-8-17-14(18-9-13)19-6-2-4-12(10-19)11-3-1-5-16-7-11/h1,3,5,7-9,12H,2,4,6,10H2/t12-/m1/s1. The molecule has 0 amide bonds. The first-order valence-corrected chi connectivity index (χ1v) is 6.45. The Hall–Kier alpha value is -2.04. The molecule has 1 aliphatic heterocycles. The van der Waals surface area contributed by atoms with Crippen LogP contribution in [0.25, 0.3) is 0 Å². The number of anilines is 1. The van der Waals surface area contributed by atoms with E-state index in [1.807, 2.05) is 12.3 Å². The third kappa shape index (κ3) is 2.70. The topological polar surface area (TPSA) is 41.9 Å². The summed E-state index contributed by atoms with van der Waals surface area (Å²) in [5.74, 6) is 0.649. The van der Waals surface area contributed by atoms with Gasteiger partial charge in [-0.3, -0.25) is 4.98 Å². The predicted octanol–water partition coefficient (Wildman–Crippen LogP) is 2.39. The van der Waals surface area contributed by atoms with E-state index in [-0.39, 0.29) is 0 Å². The van der Waals surface area contributed by atoms with Crippen molar-refractivity contribution in [1.82, 2.24) is 15.0 Å². The number of halogens is 1. The molecular formula is C14H15FN4. The van der Waals surface area contributed by atoms with Gasteiger partial charge in [-0.2, -0.15) is 0 Å². The van der Waals surface area contributed by atoms with Crippen LogP contribution in [0.3, 0.4) is 0 Å². The van der Waals surface area contributed by atoms with Crippen molar-refractivity contribution in [3.63, 3.8) is 0 Å². The van der Waals surface area contributed by atoms with Gasteiger partial charge in [0, 0.05) is 31.4 Å². The monoisotopic (exact) mass is 258 g/mol. The summed E-state index contributed by atoms with van der Waals surface area (Å²) in [6, 6.07) is 4.06. The second kappa shape index (κ2) is 5.30. The van der Waals surface area contributed by atoms with Crippen molar-refractivity contribution in [2.75, 3.05) is 18.0 Å². The van der Waals surface area contributed by atoms with Gasteiger partial charge in [0.1, 0.15) is 0 Å². The van der Waals surface area contributed by atoms with E-state index in [9.17, 15) is 4.39 Å². The maximum Gasteiger partial charge on any atom is 0.225 e. The fourth-order valence-electron chi connectivity index (χ4n) is 2.52. The SMILES string of the molecule is Fc1cnc(N2CCC[C@@H](c3cccnc3)C2)nc1. The molecule has 0 radical (unpaired) electrons. The smallest absolute Gasteiger partial charge is 0.225 e. The molecule has 1 fully saturated rings. The summed E-state index contributed by atoms with van der Waals surface area (Å²) in [6.45, 7) is 1.78. The summed E-state index contributed by atoms with van der Waals surface area (Å²) in [4.78, 5) is 14.4. The number of hydrogen-bond donors (Lipinski definition) is 0. The zero-order valence-corrected chi connectivity index (χ0v) is 10.5. The maximum absolute atomic E-state index is 12.8. The summed E-state index contributed by atoms with van der Waals surface area (Å²) in [5.41, 5.74) is 1.24. The van der Waals surface area contributed by atoms with E-state index in [1.54, 1.807) is 6.20 Å². The van der Waals surface area contributed by atoms with Gasteiger partial charge in [0.2, 0.25) is 5.95 Å². The van der Waals surface area contributed by atoms with Crippen molar-refractivity contribution in [2.45, 2.75) is 18.8 Å². The highest BCUT2D eigenvalue weighted by molar-refractivity contribution is 5.32. The van der Waals surface area contributed by atoms with Gasteiger partial charge in [0.25, 0.3) is 0 Å². The van der Waals surface area contributed by atoms with Crippen LogP contribution in [-0.2, 0) is 0 Å². The summed E-state index contributed by atoms with van der Waals surface area (Å²) >= 11 is 0. The Morgan fingerprint density at radius 1 is 1.21 bits per heavy atom. The van der Waals surface area contributed by atoms with E-state index in [4.69, 9.17) is 0 Å². The molecule has 1 atom stereocenters. The first-order chi connectivity index (χ1) is 9.33. The first-order valence-electron chi connectivity index (χ1n) is 6.45. The average molecular weight is 258 g/mol. The molecule has 1 saturated heterocycles. The fraction of sp³-hybridized carbons (Fsp3) is 0.357. The Kier molecular flexibility index (Phi) is 3.35. The van der Waals surface area contributed by atoms with E-state index in [1.165, 1.54) is 18.0 Å². The van der Waals surface area contributed by atoms with Gasteiger partial charge in [-0.05, 0) is 24.5 Å². The van der Waals surface area contributed by atoms with E-state index < -0.39 is 5.82 Å². The van der Waals surface area contributed by atoms with E-state index in [0.29, 0.717) is 11.9 Å². The largest absolute Gasteiger partial charge is 0.340 e. The summed E-state index contributed by atoms with van der Waals surface area (Å²) < 4.78 is 12.8. The van der Waals surface area contributed by atoms with Crippen LogP contribution >= 0.6 is 0 Å². The van der Waals surface area contributed by atoms with Gasteiger partial charge in [-0.1, -0.05) is 6.07 Å². The van der Waals surface area contributed by atoms with Crippen molar-refractivity contribution < 1.29 is 4.39 Å². The van der Waals surface area contributed by atoms with E-state index in [2.05, 4.69) is 25.9 Å². The molecule has 0 bridgehead atoms. The van der Waals surface area contributed by atoms with Gasteiger partial charge in [0.15, 0.2) is 5.82 Å². The second-order valence-corrected chi connectivity index (χ2v) is 4.77. The Labute approximate surface area is 111 Å². The molecule has 0 aromatic carbocycles. The van der Waals surface area contributed by atoms with E-state index in [0.717, 1.165) is 25.9 Å². The predicted molar refractivity (Wildman–Crippen MR) is 70.4 cm³/mol. The van der Waals surface area contributed by atoms with Gasteiger partial charge >= 0.3 is 0 Å². The molecule has 19 heavy (non-hydrogen) atoms. The second-order valence-electron chi connectivity index (χ2n) is 4.77. The molecule has 4 nitrogen and oxygen atoms in total. The molecule has 2 aromatic heterocycles. The molecule has 2 aromatic rings. The van der Waals surface area contributed by atoms with Gasteiger partial charge in [0.05, 0.1) is 12.4 Å². The lowest BCUT2D eigenvalue weighted by atomic mass is 9.92. The minimum Gasteiger partial charge on any atom is -0.340 e. The molecular weight excluding hydrogens is 243 g/mol. The summed E-state index contributed by atoms with van der Waals surface area (Å²) in [6.07, 6.45) is 8.36. The quantitative estimate of drug-likeness (QED) is 0.829. The lowest BCUT2D eigenvalue weighted by Gasteiger charge is -2.32. The number of rotatable bonds is 2. The molecule has 98 valence electrons. The summed E-state index contributed by atoms with van der Waals surface area (Å²) in [7, 11) is 0. The lowest BCUT2D eigenvalue weighted by molar-refractivity contribution is 0.501. The Morgan fingerprint density at radius 2 is 2.05 bits per heavy atom. The number of pyridine rings is 1. The molecule has 1 aliphatic rings. The molecule has 3 heterocycles. The van der Waals surface area contributed by atoms with Crippen molar-refractivity contribution in [3.05, 3.63) is 48.3 Å². The highest BCUT2D eigenvalue weighted by atomic mass is 19.1. The maximum atomic E-state index is 12.8. The molecule has 0 saturated carbocycles. The van der Waals surface area contributed by atoms with Crippen LogP contribution in [0.4, 0.5) is 10.3 Å². The van der Waals surface area contributed by atoms with Crippen LogP contribution in [0.2, 0.25) is 0 Å². The zero-order chi connectivity index (χ0) is 13.1. The Bertz CT molecular complexity index is 529. The molecule has 5 heteroatoms. The first kappa shape index (κ1) is 12.0. The molecule has 0 spiro atoms. The Balaban J connectivity index is 1.76. The van der Waals surface area contributed by atoms with Crippen LogP contribution in [0, 0.1) is 5.82 Å². The zero-order valence-electron chi connectivity index (χ0n) is 10.5. The van der Waals surface area contributed by atoms with Crippen molar-refractivity contribution in [3.8, 4) is 0 Å². The van der Waals surface area contributed by atoms with Crippen molar-refractivity contribution in [2.24, 2.45) is 0 Å². The van der Waals surface area contributed by atoms with Crippen LogP contribution in [-0.4, -0.2) is 28.0 Å². The lowest BCUT2D eigenvalue weighted by Crippen LogP contribution is -2.35. The van der Waals surface area contributed by atoms with Crippen molar-refractivity contribution in [1.29, 1.82) is 0 Å². The minimum absolute atomic E-state index is 0.399. The number of hydrogen-bond acceptors (Lipinski definition) is 4. The minimum atomic E-state index is -0.399. The Morgan fingerprint density at radius 3 is 2.79 bits per heavy atom. The molecule has 3 rings (SSSR count). The number of nitrogens with zero attached hydrogens (tertiary/aromatic N) is 4. The molecule has 0 N–H and O–H groups in total. The molecule has 0 aliphatic carbocycles. The molecule has 0 unspecified atom stereocenters. The van der Waals surface area contributed by atoms with Gasteiger partial charge in [-0.15, -0.1) is 0 Å². The van der Waals surface area contributed by atoms with Gasteiger partial charge in [-0.25, -0.2) is 14.4 Å². The third-order valence-corrected chi connectivity index (χ3v) is 3.47. The van der Waals surface area contributed by atoms with Crippen molar-refractivity contribution >= 4 is 5.95 Å². The normalized spacial score (nSPS) is 19.4. The van der Waals surface area contributed by atoms with Crippen LogP contribution in [0.15, 0.2) is 36.9 Å². The van der Waals surface area contributed by atoms with Crippen LogP contribution in [0.1, 0.15) is 24.3 Å². The number of aromatic nitrogens is 3. The number of piperidine rings is 1. The van der Waals surface area contributed by atoms with Crippen LogP contribution in [0.5, 0.6) is 0 Å². The van der Waals surface area contributed by atoms with Gasteiger partial charge < -0.3 is 4.90 Å².